The molecule has 0 radical (unpaired) electrons. The Morgan fingerprint density at radius 3 is 2.46 bits per heavy atom. The zero-order valence-electron chi connectivity index (χ0n) is 15.8. The van der Waals surface area contributed by atoms with Gasteiger partial charge in [0.15, 0.2) is 0 Å². The van der Waals surface area contributed by atoms with Crippen LogP contribution in [0.4, 0.5) is 5.69 Å². The van der Waals surface area contributed by atoms with Crippen LogP contribution in [-0.4, -0.2) is 24.2 Å². The standard InChI is InChI=1S/C20H31N5O/c1-2-3-4-8-15-26-17-11-9-16(10-12-17)25-19(22)23-18(21)24-20(25)13-6-5-7-14-20/h9-12H,2-8,13-15H2,1H3,(H4,21,22,23,24). The van der Waals surface area contributed by atoms with Gasteiger partial charge in [-0.15, -0.1) is 0 Å². The molecule has 1 fully saturated rings. The lowest BCUT2D eigenvalue weighted by molar-refractivity contribution is 0.302. The first kappa shape index (κ1) is 18.5. The summed E-state index contributed by atoms with van der Waals surface area (Å²) in [5, 5.41) is 0. The van der Waals surface area contributed by atoms with Gasteiger partial charge in [0.05, 0.1) is 6.61 Å². The highest BCUT2D eigenvalue weighted by Gasteiger charge is 2.42. The Labute approximate surface area is 156 Å². The second-order valence-corrected chi connectivity index (χ2v) is 7.22. The number of ether oxygens (including phenoxy) is 1. The molecular formula is C20H31N5O. The fourth-order valence-electron chi connectivity index (χ4n) is 3.91. The lowest BCUT2D eigenvalue weighted by Gasteiger charge is -2.45. The van der Waals surface area contributed by atoms with Crippen molar-refractivity contribution in [2.75, 3.05) is 11.5 Å². The topological polar surface area (TPSA) is 89.2 Å². The number of anilines is 1. The molecule has 6 heteroatoms. The van der Waals surface area contributed by atoms with Gasteiger partial charge in [-0.25, -0.2) is 4.99 Å². The van der Waals surface area contributed by atoms with Gasteiger partial charge in [0.2, 0.25) is 11.9 Å². The molecule has 0 saturated heterocycles. The number of unbranched alkanes of at least 4 members (excludes halogenated alkanes) is 3. The quantitative estimate of drug-likeness (QED) is 0.727. The van der Waals surface area contributed by atoms with E-state index < -0.39 is 5.66 Å². The van der Waals surface area contributed by atoms with Crippen molar-refractivity contribution < 1.29 is 4.74 Å². The van der Waals surface area contributed by atoms with Crippen LogP contribution >= 0.6 is 0 Å². The summed E-state index contributed by atoms with van der Waals surface area (Å²) in [6.07, 6.45) is 10.2. The zero-order valence-corrected chi connectivity index (χ0v) is 15.8. The van der Waals surface area contributed by atoms with Crippen molar-refractivity contribution in [2.24, 2.45) is 21.5 Å². The predicted octanol–water partition coefficient (Wildman–Crippen LogP) is 3.76. The van der Waals surface area contributed by atoms with Gasteiger partial charge in [-0.1, -0.05) is 32.6 Å². The van der Waals surface area contributed by atoms with Crippen LogP contribution in [0.1, 0.15) is 64.7 Å². The minimum Gasteiger partial charge on any atom is -0.494 e. The minimum absolute atomic E-state index is 0.285. The van der Waals surface area contributed by atoms with Gasteiger partial charge in [-0.05, 0) is 56.4 Å². The van der Waals surface area contributed by atoms with Crippen LogP contribution in [0, 0.1) is 0 Å². The van der Waals surface area contributed by atoms with E-state index in [0.717, 1.165) is 50.1 Å². The van der Waals surface area contributed by atoms with Gasteiger partial charge in [-0.2, -0.15) is 4.99 Å². The highest BCUT2D eigenvalue weighted by Crippen LogP contribution is 2.39. The summed E-state index contributed by atoms with van der Waals surface area (Å²) in [5.41, 5.74) is 12.8. The molecule has 6 nitrogen and oxygen atoms in total. The summed E-state index contributed by atoms with van der Waals surface area (Å²) in [6.45, 7) is 2.98. The largest absolute Gasteiger partial charge is 0.494 e. The average molecular weight is 358 g/mol. The Hall–Kier alpha value is -2.24. The maximum Gasteiger partial charge on any atom is 0.220 e. The Kier molecular flexibility index (Phi) is 6.01. The SMILES string of the molecule is CCCCCCOc1ccc(N2C(N)=NC(N)=NC23CCCCC3)cc1. The van der Waals surface area contributed by atoms with Crippen molar-refractivity contribution in [1.29, 1.82) is 0 Å². The molecule has 1 spiro atoms. The molecule has 0 unspecified atom stereocenters. The van der Waals surface area contributed by atoms with Gasteiger partial charge in [-0.3, -0.25) is 4.90 Å². The van der Waals surface area contributed by atoms with E-state index in [1.165, 1.54) is 25.7 Å². The molecule has 2 aliphatic rings. The predicted molar refractivity (Wildman–Crippen MR) is 108 cm³/mol. The van der Waals surface area contributed by atoms with Crippen LogP contribution in [0.15, 0.2) is 34.3 Å². The highest BCUT2D eigenvalue weighted by atomic mass is 16.5. The van der Waals surface area contributed by atoms with Crippen LogP contribution in [0.2, 0.25) is 0 Å². The summed E-state index contributed by atoms with van der Waals surface area (Å²) in [7, 11) is 0. The molecule has 1 saturated carbocycles. The monoisotopic (exact) mass is 357 g/mol. The lowest BCUT2D eigenvalue weighted by atomic mass is 9.87. The molecular weight excluding hydrogens is 326 g/mol. The van der Waals surface area contributed by atoms with Gasteiger partial charge < -0.3 is 16.2 Å². The number of hydrogen-bond acceptors (Lipinski definition) is 6. The van der Waals surface area contributed by atoms with Crippen LogP contribution < -0.4 is 21.1 Å². The number of nitrogens with zero attached hydrogens (tertiary/aromatic N) is 3. The summed E-state index contributed by atoms with van der Waals surface area (Å²) < 4.78 is 5.85. The first-order valence-electron chi connectivity index (χ1n) is 9.87. The fraction of sp³-hybridized carbons (Fsp3) is 0.600. The third-order valence-corrected chi connectivity index (χ3v) is 5.21. The van der Waals surface area contributed by atoms with Crippen molar-refractivity contribution in [3.63, 3.8) is 0 Å². The second kappa shape index (κ2) is 8.43. The summed E-state index contributed by atoms with van der Waals surface area (Å²) in [6, 6.07) is 8.08. The first-order valence-corrected chi connectivity index (χ1v) is 9.87. The number of guanidine groups is 2. The molecule has 26 heavy (non-hydrogen) atoms. The van der Waals surface area contributed by atoms with Crippen LogP contribution in [0.5, 0.6) is 5.75 Å². The molecule has 1 aliphatic carbocycles. The molecule has 3 rings (SSSR count). The van der Waals surface area contributed by atoms with E-state index in [2.05, 4.69) is 11.9 Å². The van der Waals surface area contributed by atoms with Crippen LogP contribution in [0.3, 0.4) is 0 Å². The molecule has 1 aromatic rings. The van der Waals surface area contributed by atoms with E-state index in [9.17, 15) is 0 Å². The van der Waals surface area contributed by atoms with Crippen molar-refractivity contribution >= 4 is 17.6 Å². The van der Waals surface area contributed by atoms with E-state index in [0.29, 0.717) is 5.96 Å². The molecule has 1 heterocycles. The van der Waals surface area contributed by atoms with E-state index in [1.807, 2.05) is 29.2 Å². The number of nitrogens with two attached hydrogens (primary N) is 2. The Morgan fingerprint density at radius 2 is 1.77 bits per heavy atom. The minimum atomic E-state index is -0.392. The molecule has 0 amide bonds. The van der Waals surface area contributed by atoms with Gasteiger partial charge in [0.25, 0.3) is 0 Å². The molecule has 4 N–H and O–H groups in total. The normalized spacial score (nSPS) is 19.2. The van der Waals surface area contributed by atoms with Gasteiger partial charge in [0.1, 0.15) is 11.4 Å². The number of hydrogen-bond donors (Lipinski definition) is 2. The van der Waals surface area contributed by atoms with E-state index in [4.69, 9.17) is 21.2 Å². The Bertz CT molecular complexity index is 647. The van der Waals surface area contributed by atoms with E-state index >= 15 is 0 Å². The summed E-state index contributed by atoms with van der Waals surface area (Å²) in [4.78, 5) is 11.0. The highest BCUT2D eigenvalue weighted by molar-refractivity contribution is 6.05. The molecule has 0 aromatic heterocycles. The third-order valence-electron chi connectivity index (χ3n) is 5.21. The fourth-order valence-corrected chi connectivity index (χ4v) is 3.91. The maximum atomic E-state index is 6.26. The molecule has 1 aromatic carbocycles. The Balaban J connectivity index is 1.71. The van der Waals surface area contributed by atoms with Gasteiger partial charge in [0, 0.05) is 5.69 Å². The smallest absolute Gasteiger partial charge is 0.220 e. The summed E-state index contributed by atoms with van der Waals surface area (Å²) in [5.74, 6) is 1.60. The molecule has 0 bridgehead atoms. The number of rotatable bonds is 7. The molecule has 0 atom stereocenters. The summed E-state index contributed by atoms with van der Waals surface area (Å²) >= 11 is 0. The first-order chi connectivity index (χ1) is 12.6. The third kappa shape index (κ3) is 4.11. The lowest BCUT2D eigenvalue weighted by Crippen LogP contribution is -2.58. The molecule has 1 aliphatic heterocycles. The second-order valence-electron chi connectivity index (χ2n) is 7.22. The van der Waals surface area contributed by atoms with Crippen LogP contribution in [0.25, 0.3) is 0 Å². The van der Waals surface area contributed by atoms with Crippen molar-refractivity contribution in [1.82, 2.24) is 0 Å². The van der Waals surface area contributed by atoms with Gasteiger partial charge >= 0.3 is 0 Å². The molecule has 142 valence electrons. The zero-order chi connectivity index (χ0) is 18.4. The van der Waals surface area contributed by atoms with E-state index in [1.54, 1.807) is 0 Å². The maximum absolute atomic E-state index is 6.26. The average Bonchev–Trinajstić information content (AvgIpc) is 2.63. The van der Waals surface area contributed by atoms with E-state index in [-0.39, 0.29) is 5.96 Å². The number of benzene rings is 1. The number of aliphatic imine (C=N–C) groups is 2. The van der Waals surface area contributed by atoms with Crippen molar-refractivity contribution in [2.45, 2.75) is 70.4 Å². The van der Waals surface area contributed by atoms with Crippen molar-refractivity contribution in [3.05, 3.63) is 24.3 Å². The Morgan fingerprint density at radius 1 is 1.04 bits per heavy atom. The van der Waals surface area contributed by atoms with Crippen LogP contribution in [-0.2, 0) is 0 Å². The van der Waals surface area contributed by atoms with Crippen molar-refractivity contribution in [3.8, 4) is 5.75 Å².